The molecule has 0 saturated carbocycles. The fraction of sp³-hybridized carbons (Fsp3) is 0.333. The maximum Gasteiger partial charge on any atom is 0.260 e. The maximum atomic E-state index is 12.6. The molecule has 3 aromatic rings. The fourth-order valence-electron chi connectivity index (χ4n) is 3.29. The van der Waals surface area contributed by atoms with E-state index in [1.165, 1.54) is 11.3 Å². The molecule has 3 heterocycles. The van der Waals surface area contributed by atoms with Crippen LogP contribution in [0.15, 0.2) is 40.5 Å². The average Bonchev–Trinajstić information content (AvgIpc) is 3.00. The van der Waals surface area contributed by atoms with Gasteiger partial charge in [0.15, 0.2) is 0 Å². The molecule has 1 atom stereocenters. The van der Waals surface area contributed by atoms with E-state index < -0.39 is 0 Å². The number of H-pyrrole nitrogens is 1. The molecule has 1 aliphatic heterocycles. The molecule has 0 unspecified atom stereocenters. The van der Waals surface area contributed by atoms with Crippen LogP contribution in [0.2, 0.25) is 0 Å². The molecule has 0 radical (unpaired) electrons. The summed E-state index contributed by atoms with van der Waals surface area (Å²) >= 11 is 1.50. The average molecular weight is 341 g/mol. The van der Waals surface area contributed by atoms with Crippen molar-refractivity contribution in [2.24, 2.45) is 0 Å². The van der Waals surface area contributed by atoms with E-state index in [1.807, 2.05) is 35.7 Å². The Hall–Kier alpha value is -2.02. The minimum atomic E-state index is -0.277. The third-order valence-electron chi connectivity index (χ3n) is 4.43. The lowest BCUT2D eigenvalue weighted by molar-refractivity contribution is 0.0655. The molecule has 0 bridgehead atoms. The summed E-state index contributed by atoms with van der Waals surface area (Å²) in [6.07, 6.45) is 1.55. The number of likely N-dealkylation sites (tertiary alicyclic amines) is 1. The quantitative estimate of drug-likeness (QED) is 0.768. The zero-order chi connectivity index (χ0) is 16.5. The van der Waals surface area contributed by atoms with Crippen molar-refractivity contribution >= 4 is 21.6 Å². The van der Waals surface area contributed by atoms with Crippen LogP contribution in [0, 0.1) is 0 Å². The van der Waals surface area contributed by atoms with E-state index in [1.54, 1.807) is 0 Å². The highest BCUT2D eigenvalue weighted by Gasteiger charge is 2.19. The molecule has 0 spiro atoms. The molecule has 1 aromatic carbocycles. The molecule has 0 amide bonds. The molecule has 5 nitrogen and oxygen atoms in total. The van der Waals surface area contributed by atoms with Crippen LogP contribution in [0.1, 0.15) is 18.7 Å². The number of piperidine rings is 1. The van der Waals surface area contributed by atoms with Crippen molar-refractivity contribution in [3.8, 4) is 11.1 Å². The number of hydrogen-bond donors (Lipinski definition) is 2. The summed E-state index contributed by atoms with van der Waals surface area (Å²) in [5.41, 5.74) is 1.87. The zero-order valence-corrected chi connectivity index (χ0v) is 14.1. The number of fused-ring (bicyclic) bond motifs is 1. The molecule has 1 saturated heterocycles. The smallest absolute Gasteiger partial charge is 0.260 e. The summed E-state index contributed by atoms with van der Waals surface area (Å²) in [6, 6.07) is 9.91. The van der Waals surface area contributed by atoms with E-state index in [-0.39, 0.29) is 11.7 Å². The van der Waals surface area contributed by atoms with Crippen molar-refractivity contribution in [3.63, 3.8) is 0 Å². The molecular weight excluding hydrogens is 322 g/mol. The topological polar surface area (TPSA) is 69.2 Å². The van der Waals surface area contributed by atoms with E-state index >= 15 is 0 Å². The Bertz CT molecular complexity index is 904. The van der Waals surface area contributed by atoms with Gasteiger partial charge in [0.1, 0.15) is 10.7 Å². The van der Waals surface area contributed by atoms with Gasteiger partial charge in [0, 0.05) is 17.5 Å². The first-order chi connectivity index (χ1) is 11.7. The second-order valence-corrected chi connectivity index (χ2v) is 7.10. The van der Waals surface area contributed by atoms with Crippen LogP contribution in [0.3, 0.4) is 0 Å². The van der Waals surface area contributed by atoms with Gasteiger partial charge in [-0.3, -0.25) is 9.69 Å². The van der Waals surface area contributed by atoms with Gasteiger partial charge >= 0.3 is 0 Å². The van der Waals surface area contributed by atoms with Crippen LogP contribution in [0.25, 0.3) is 21.3 Å². The number of β-amino-alcohol motifs (C(OH)–C–C–N with tert-alkyl or cyclic N) is 1. The number of aromatic nitrogens is 2. The number of rotatable bonds is 3. The van der Waals surface area contributed by atoms with Crippen molar-refractivity contribution in [1.82, 2.24) is 14.9 Å². The van der Waals surface area contributed by atoms with Gasteiger partial charge in [-0.2, -0.15) is 0 Å². The number of aliphatic hydroxyl groups is 1. The Morgan fingerprint density at radius 1 is 1.33 bits per heavy atom. The van der Waals surface area contributed by atoms with Crippen LogP contribution in [0.4, 0.5) is 0 Å². The monoisotopic (exact) mass is 341 g/mol. The number of hydrogen-bond acceptors (Lipinski definition) is 5. The Morgan fingerprint density at radius 2 is 2.17 bits per heavy atom. The van der Waals surface area contributed by atoms with E-state index in [4.69, 9.17) is 0 Å². The second kappa shape index (κ2) is 6.47. The minimum Gasteiger partial charge on any atom is -0.392 e. The predicted molar refractivity (Wildman–Crippen MR) is 96.2 cm³/mol. The van der Waals surface area contributed by atoms with Gasteiger partial charge in [0.2, 0.25) is 0 Å². The van der Waals surface area contributed by atoms with E-state index in [9.17, 15) is 9.90 Å². The van der Waals surface area contributed by atoms with E-state index in [2.05, 4.69) is 14.9 Å². The molecule has 4 rings (SSSR count). The van der Waals surface area contributed by atoms with Gasteiger partial charge in [-0.1, -0.05) is 30.3 Å². The van der Waals surface area contributed by atoms with Crippen LogP contribution in [-0.4, -0.2) is 39.2 Å². The normalized spacial score (nSPS) is 19.0. The van der Waals surface area contributed by atoms with Crippen LogP contribution in [0.5, 0.6) is 0 Å². The highest BCUT2D eigenvalue weighted by atomic mass is 32.1. The third-order valence-corrected chi connectivity index (χ3v) is 5.30. The SMILES string of the molecule is O=c1[nH]c(CN2CCC[C@@H](O)C2)nc2scc(-c3ccccc3)c12. The first-order valence-corrected chi connectivity index (χ1v) is 9.05. The number of benzene rings is 1. The Labute approximate surface area is 143 Å². The fourth-order valence-corrected chi connectivity index (χ4v) is 4.25. The molecule has 0 aliphatic carbocycles. The molecule has 2 N–H and O–H groups in total. The predicted octanol–water partition coefficient (Wildman–Crippen LogP) is 2.61. The van der Waals surface area contributed by atoms with Crippen molar-refractivity contribution in [3.05, 3.63) is 51.9 Å². The number of aromatic amines is 1. The maximum absolute atomic E-state index is 12.6. The minimum absolute atomic E-state index is 0.0901. The molecule has 124 valence electrons. The summed E-state index contributed by atoms with van der Waals surface area (Å²) in [4.78, 5) is 23.1. The molecular formula is C18H19N3O2S. The lowest BCUT2D eigenvalue weighted by Crippen LogP contribution is -2.38. The van der Waals surface area contributed by atoms with Crippen molar-refractivity contribution in [1.29, 1.82) is 0 Å². The lowest BCUT2D eigenvalue weighted by Gasteiger charge is -2.29. The van der Waals surface area contributed by atoms with Gasteiger partial charge in [0.25, 0.3) is 5.56 Å². The standard InChI is InChI=1S/C18H19N3O2S/c22-13-7-4-8-21(9-13)10-15-19-17(23)16-14(11-24-18(16)20-15)12-5-2-1-3-6-12/h1-3,5-6,11,13,22H,4,7-10H2,(H,19,20,23)/t13-/m1/s1. The second-order valence-electron chi connectivity index (χ2n) is 6.24. The largest absolute Gasteiger partial charge is 0.392 e. The highest BCUT2D eigenvalue weighted by Crippen LogP contribution is 2.30. The van der Waals surface area contributed by atoms with Crippen molar-refractivity contribution in [2.75, 3.05) is 13.1 Å². The first kappa shape index (κ1) is 15.5. The van der Waals surface area contributed by atoms with E-state index in [0.29, 0.717) is 24.3 Å². The van der Waals surface area contributed by atoms with Gasteiger partial charge < -0.3 is 10.1 Å². The van der Waals surface area contributed by atoms with Crippen molar-refractivity contribution in [2.45, 2.75) is 25.5 Å². The summed E-state index contributed by atoms with van der Waals surface area (Å²) in [7, 11) is 0. The molecule has 2 aromatic heterocycles. The Kier molecular flexibility index (Phi) is 4.18. The summed E-state index contributed by atoms with van der Waals surface area (Å²) in [6.45, 7) is 2.14. The van der Waals surface area contributed by atoms with Gasteiger partial charge in [0.05, 0.1) is 18.0 Å². The summed E-state index contributed by atoms with van der Waals surface area (Å²) in [5.74, 6) is 0.670. The zero-order valence-electron chi connectivity index (χ0n) is 13.2. The first-order valence-electron chi connectivity index (χ1n) is 8.17. The van der Waals surface area contributed by atoms with Gasteiger partial charge in [-0.25, -0.2) is 4.98 Å². The van der Waals surface area contributed by atoms with Crippen LogP contribution >= 0.6 is 11.3 Å². The van der Waals surface area contributed by atoms with Gasteiger partial charge in [-0.15, -0.1) is 11.3 Å². The Morgan fingerprint density at radius 3 is 2.96 bits per heavy atom. The molecule has 24 heavy (non-hydrogen) atoms. The summed E-state index contributed by atoms with van der Waals surface area (Å²) < 4.78 is 0. The lowest BCUT2D eigenvalue weighted by atomic mass is 10.1. The molecule has 6 heteroatoms. The number of aliphatic hydroxyl groups excluding tert-OH is 1. The van der Waals surface area contributed by atoms with Gasteiger partial charge in [-0.05, 0) is 24.9 Å². The third kappa shape index (κ3) is 3.00. The van der Waals surface area contributed by atoms with Crippen LogP contribution in [-0.2, 0) is 6.54 Å². The van der Waals surface area contributed by atoms with Crippen LogP contribution < -0.4 is 5.56 Å². The molecule has 1 aliphatic rings. The highest BCUT2D eigenvalue weighted by molar-refractivity contribution is 7.17. The van der Waals surface area contributed by atoms with E-state index in [0.717, 1.165) is 35.3 Å². The molecule has 1 fully saturated rings. The Balaban J connectivity index is 1.68. The summed E-state index contributed by atoms with van der Waals surface area (Å²) in [5, 5.41) is 12.4. The van der Waals surface area contributed by atoms with Crippen molar-refractivity contribution < 1.29 is 5.11 Å². The number of nitrogens with one attached hydrogen (secondary N) is 1. The number of thiophene rings is 1. The number of nitrogens with zero attached hydrogens (tertiary/aromatic N) is 2.